The van der Waals surface area contributed by atoms with Gasteiger partial charge in [-0.25, -0.2) is 13.1 Å². The van der Waals surface area contributed by atoms with Crippen LogP contribution in [-0.2, 0) is 21.4 Å². The van der Waals surface area contributed by atoms with E-state index in [-0.39, 0.29) is 10.8 Å². The van der Waals surface area contributed by atoms with Crippen LogP contribution < -0.4 is 10.0 Å². The number of carbonyl (C=O) groups excluding carboxylic acids is 1. The van der Waals surface area contributed by atoms with E-state index >= 15 is 0 Å². The lowest BCUT2D eigenvalue weighted by Gasteiger charge is -2.11. The number of hydrogen-bond acceptors (Lipinski definition) is 5. The first kappa shape index (κ1) is 18.9. The Labute approximate surface area is 157 Å². The number of thioether (sulfide) groups is 1. The predicted octanol–water partition coefficient (Wildman–Crippen LogP) is 2.30. The zero-order valence-corrected chi connectivity index (χ0v) is 16.4. The summed E-state index contributed by atoms with van der Waals surface area (Å²) in [6.07, 6.45) is 1.06. The predicted molar refractivity (Wildman–Crippen MR) is 102 cm³/mol. The van der Waals surface area contributed by atoms with Crippen molar-refractivity contribution in [2.75, 3.05) is 17.6 Å². The normalized spacial score (nSPS) is 14.6. The fourth-order valence-corrected chi connectivity index (χ4v) is 4.82. The van der Waals surface area contributed by atoms with Gasteiger partial charge in [-0.05, 0) is 44.5 Å². The van der Waals surface area contributed by atoms with Crippen molar-refractivity contribution in [3.63, 3.8) is 0 Å². The smallest absolute Gasteiger partial charge is 0.240 e. The molecule has 1 aliphatic rings. The monoisotopic (exact) mass is 394 g/mol. The quantitative estimate of drug-likeness (QED) is 0.734. The summed E-state index contributed by atoms with van der Waals surface area (Å²) in [4.78, 5) is 12.7. The summed E-state index contributed by atoms with van der Waals surface area (Å²) in [5.41, 5.74) is 2.57. The van der Waals surface area contributed by atoms with E-state index in [9.17, 15) is 13.2 Å². The standard InChI is InChI=1S/C17H22N4O3S2/c1-12-10-13(2)21(20-12)8-3-7-18-26(23,24)14-4-5-16-15(11-14)19-17(22)6-9-25-16/h4-5,10-11,18H,3,6-9H2,1-2H3,(H,19,22). The van der Waals surface area contributed by atoms with Crippen LogP contribution in [0.3, 0.4) is 0 Å². The number of fused-ring (bicyclic) bond motifs is 1. The van der Waals surface area contributed by atoms with Crippen molar-refractivity contribution in [1.82, 2.24) is 14.5 Å². The second kappa shape index (κ2) is 7.81. The number of carbonyl (C=O) groups is 1. The van der Waals surface area contributed by atoms with E-state index in [0.29, 0.717) is 37.4 Å². The van der Waals surface area contributed by atoms with Crippen LogP contribution in [0.15, 0.2) is 34.1 Å². The molecule has 0 bridgehead atoms. The number of anilines is 1. The molecule has 1 aliphatic heterocycles. The minimum Gasteiger partial charge on any atom is -0.325 e. The highest BCUT2D eigenvalue weighted by Gasteiger charge is 2.19. The van der Waals surface area contributed by atoms with Gasteiger partial charge in [-0.1, -0.05) is 0 Å². The lowest BCUT2D eigenvalue weighted by molar-refractivity contribution is -0.115. The topological polar surface area (TPSA) is 93.1 Å². The number of rotatable bonds is 6. The second-order valence-corrected chi connectivity index (χ2v) is 9.11. The number of aromatic nitrogens is 2. The minimum absolute atomic E-state index is 0.0938. The zero-order chi connectivity index (χ0) is 18.7. The van der Waals surface area contributed by atoms with Crippen LogP contribution in [0.25, 0.3) is 0 Å². The number of aryl methyl sites for hydroxylation is 3. The molecule has 140 valence electrons. The van der Waals surface area contributed by atoms with Crippen LogP contribution in [0.5, 0.6) is 0 Å². The third kappa shape index (κ3) is 4.46. The number of benzene rings is 1. The Kier molecular flexibility index (Phi) is 5.69. The van der Waals surface area contributed by atoms with Crippen molar-refractivity contribution < 1.29 is 13.2 Å². The maximum Gasteiger partial charge on any atom is 0.240 e. The molecule has 0 atom stereocenters. The first-order chi connectivity index (χ1) is 12.3. The molecule has 9 heteroatoms. The molecular weight excluding hydrogens is 372 g/mol. The van der Waals surface area contributed by atoms with E-state index in [1.807, 2.05) is 24.6 Å². The highest BCUT2D eigenvalue weighted by molar-refractivity contribution is 7.99. The average molecular weight is 395 g/mol. The Hall–Kier alpha value is -1.84. The van der Waals surface area contributed by atoms with Crippen molar-refractivity contribution in [1.29, 1.82) is 0 Å². The van der Waals surface area contributed by atoms with E-state index in [4.69, 9.17) is 0 Å². The van der Waals surface area contributed by atoms with Gasteiger partial charge in [0.15, 0.2) is 0 Å². The van der Waals surface area contributed by atoms with Crippen molar-refractivity contribution in [3.05, 3.63) is 35.7 Å². The number of nitrogens with zero attached hydrogens (tertiary/aromatic N) is 2. The molecule has 2 aromatic rings. The van der Waals surface area contributed by atoms with Crippen LogP contribution in [0.2, 0.25) is 0 Å². The highest BCUT2D eigenvalue weighted by Crippen LogP contribution is 2.32. The molecule has 1 amide bonds. The van der Waals surface area contributed by atoms with E-state index < -0.39 is 10.0 Å². The number of sulfonamides is 1. The molecular formula is C17H22N4O3S2. The summed E-state index contributed by atoms with van der Waals surface area (Å²) in [5.74, 6) is 0.596. The first-order valence-electron chi connectivity index (χ1n) is 8.42. The van der Waals surface area contributed by atoms with Gasteiger partial charge in [0, 0.05) is 35.9 Å². The molecule has 7 nitrogen and oxygen atoms in total. The summed E-state index contributed by atoms with van der Waals surface area (Å²) in [5, 5.41) is 7.13. The van der Waals surface area contributed by atoms with Gasteiger partial charge in [-0.15, -0.1) is 11.8 Å². The Morgan fingerprint density at radius 2 is 2.12 bits per heavy atom. The van der Waals surface area contributed by atoms with Crippen molar-refractivity contribution in [3.8, 4) is 0 Å². The van der Waals surface area contributed by atoms with Crippen LogP contribution in [0.4, 0.5) is 5.69 Å². The minimum atomic E-state index is -3.62. The molecule has 26 heavy (non-hydrogen) atoms. The lowest BCUT2D eigenvalue weighted by Crippen LogP contribution is -2.26. The highest BCUT2D eigenvalue weighted by atomic mass is 32.2. The molecule has 0 radical (unpaired) electrons. The number of nitrogens with one attached hydrogen (secondary N) is 2. The van der Waals surface area contributed by atoms with Gasteiger partial charge in [-0.2, -0.15) is 5.10 Å². The van der Waals surface area contributed by atoms with Crippen LogP contribution in [-0.4, -0.2) is 36.4 Å². The van der Waals surface area contributed by atoms with E-state index in [0.717, 1.165) is 16.3 Å². The molecule has 0 unspecified atom stereocenters. The molecule has 2 N–H and O–H groups in total. The molecule has 0 saturated heterocycles. The lowest BCUT2D eigenvalue weighted by atomic mass is 10.3. The maximum absolute atomic E-state index is 12.5. The second-order valence-electron chi connectivity index (χ2n) is 6.21. The van der Waals surface area contributed by atoms with Crippen LogP contribution in [0.1, 0.15) is 24.2 Å². The maximum atomic E-state index is 12.5. The number of hydrogen-bond donors (Lipinski definition) is 2. The first-order valence-corrected chi connectivity index (χ1v) is 10.9. The molecule has 0 aliphatic carbocycles. The van der Waals surface area contributed by atoms with Crippen LogP contribution >= 0.6 is 11.8 Å². The summed E-state index contributed by atoms with van der Waals surface area (Å²) < 4.78 is 29.5. The molecule has 1 aromatic carbocycles. The molecule has 2 heterocycles. The van der Waals surface area contributed by atoms with Crippen molar-refractivity contribution >= 4 is 33.4 Å². The number of amides is 1. The summed E-state index contributed by atoms with van der Waals surface area (Å²) in [6.45, 7) is 4.88. The van der Waals surface area contributed by atoms with Gasteiger partial charge in [0.25, 0.3) is 0 Å². The van der Waals surface area contributed by atoms with Gasteiger partial charge in [-0.3, -0.25) is 9.48 Å². The summed E-state index contributed by atoms with van der Waals surface area (Å²) >= 11 is 1.55. The van der Waals surface area contributed by atoms with Crippen molar-refractivity contribution in [2.45, 2.75) is 43.0 Å². The molecule has 1 aromatic heterocycles. The third-order valence-corrected chi connectivity index (χ3v) is 6.60. The van der Waals surface area contributed by atoms with E-state index in [1.54, 1.807) is 23.9 Å². The van der Waals surface area contributed by atoms with Gasteiger partial charge in [0.05, 0.1) is 16.3 Å². The summed E-state index contributed by atoms with van der Waals surface area (Å²) in [7, 11) is -3.62. The van der Waals surface area contributed by atoms with Crippen molar-refractivity contribution in [2.24, 2.45) is 0 Å². The van der Waals surface area contributed by atoms with Crippen LogP contribution in [0, 0.1) is 13.8 Å². The molecule has 3 rings (SSSR count). The Morgan fingerprint density at radius 1 is 1.31 bits per heavy atom. The average Bonchev–Trinajstić information content (AvgIpc) is 2.78. The van der Waals surface area contributed by atoms with E-state index in [2.05, 4.69) is 15.1 Å². The third-order valence-electron chi connectivity index (χ3n) is 4.06. The van der Waals surface area contributed by atoms with Gasteiger partial charge < -0.3 is 5.32 Å². The molecule has 0 fully saturated rings. The Balaban J connectivity index is 1.63. The fraction of sp³-hybridized carbons (Fsp3) is 0.412. The van der Waals surface area contributed by atoms with Gasteiger partial charge in [0.2, 0.25) is 15.9 Å². The molecule has 0 spiro atoms. The fourth-order valence-electron chi connectivity index (χ4n) is 2.79. The Morgan fingerprint density at radius 3 is 2.85 bits per heavy atom. The molecule has 0 saturated carbocycles. The Bertz CT molecular complexity index is 922. The zero-order valence-electron chi connectivity index (χ0n) is 14.8. The summed E-state index contributed by atoms with van der Waals surface area (Å²) in [6, 6.07) is 6.84. The van der Waals surface area contributed by atoms with Gasteiger partial charge in [0.1, 0.15) is 0 Å². The largest absolute Gasteiger partial charge is 0.325 e. The SMILES string of the molecule is Cc1cc(C)n(CCCNS(=O)(=O)c2ccc3c(c2)NC(=O)CCS3)n1. The van der Waals surface area contributed by atoms with E-state index in [1.165, 1.54) is 6.07 Å². The van der Waals surface area contributed by atoms with Gasteiger partial charge >= 0.3 is 0 Å².